The van der Waals surface area contributed by atoms with E-state index < -0.39 is 0 Å². The van der Waals surface area contributed by atoms with E-state index in [1.54, 1.807) is 32.4 Å². The van der Waals surface area contributed by atoms with Gasteiger partial charge in [-0.05, 0) is 42.2 Å². The number of fused-ring (bicyclic) bond motifs is 1. The Labute approximate surface area is 206 Å². The van der Waals surface area contributed by atoms with Crippen molar-refractivity contribution in [3.05, 3.63) is 89.2 Å². The van der Waals surface area contributed by atoms with Gasteiger partial charge in [-0.15, -0.1) is 0 Å². The standard InChI is InChI=1S/C29H32FNO4/c1-33-29(34-2)20-12-14-31(15-13-20)26-11-8-21(16-25(26)30)28-23-10-9-22(32)17-27(23)35-18-24(28)19-6-4-3-5-7-19/h3-11,16-17,20,24,28-29,32H,12-15,18H2,1-2H3/t24-,28?/m1/s1. The number of phenolic OH excluding ortho intramolecular Hbond substituents is 1. The molecule has 1 unspecified atom stereocenters. The van der Waals surface area contributed by atoms with Crippen molar-refractivity contribution < 1.29 is 23.7 Å². The third-order valence-electron chi connectivity index (χ3n) is 7.44. The summed E-state index contributed by atoms with van der Waals surface area (Å²) in [7, 11) is 3.33. The average molecular weight is 478 g/mol. The normalized spacial score (nSPS) is 20.5. The van der Waals surface area contributed by atoms with Gasteiger partial charge in [0.1, 0.15) is 17.3 Å². The van der Waals surface area contributed by atoms with E-state index in [4.69, 9.17) is 14.2 Å². The molecule has 0 amide bonds. The van der Waals surface area contributed by atoms with Crippen LogP contribution in [-0.2, 0) is 9.47 Å². The van der Waals surface area contributed by atoms with Gasteiger partial charge in [0.2, 0.25) is 0 Å². The Kier molecular flexibility index (Phi) is 6.93. The number of methoxy groups -OCH3 is 2. The van der Waals surface area contributed by atoms with Gasteiger partial charge in [0.05, 0.1) is 12.3 Å². The molecule has 0 bridgehead atoms. The Bertz CT molecular complexity index is 1140. The molecule has 3 aromatic rings. The minimum Gasteiger partial charge on any atom is -0.508 e. The Morgan fingerprint density at radius 3 is 2.37 bits per heavy atom. The Morgan fingerprint density at radius 1 is 0.943 bits per heavy atom. The monoisotopic (exact) mass is 477 g/mol. The fourth-order valence-corrected chi connectivity index (χ4v) is 5.66. The van der Waals surface area contributed by atoms with Crippen molar-refractivity contribution in [2.45, 2.75) is 31.0 Å². The van der Waals surface area contributed by atoms with Crippen LogP contribution < -0.4 is 9.64 Å². The van der Waals surface area contributed by atoms with Crippen LogP contribution in [-0.4, -0.2) is 45.3 Å². The van der Waals surface area contributed by atoms with E-state index in [1.165, 1.54) is 0 Å². The summed E-state index contributed by atoms with van der Waals surface area (Å²) in [6, 6.07) is 21.0. The van der Waals surface area contributed by atoms with Crippen LogP contribution >= 0.6 is 0 Å². The van der Waals surface area contributed by atoms with Crippen molar-refractivity contribution >= 4 is 5.69 Å². The molecule has 2 atom stereocenters. The van der Waals surface area contributed by atoms with Crippen LogP contribution in [0.4, 0.5) is 10.1 Å². The number of nitrogens with zero attached hydrogens (tertiary/aromatic N) is 1. The molecule has 1 N–H and O–H groups in total. The lowest BCUT2D eigenvalue weighted by molar-refractivity contribution is -0.141. The average Bonchev–Trinajstić information content (AvgIpc) is 2.89. The molecule has 0 aromatic heterocycles. The van der Waals surface area contributed by atoms with Gasteiger partial charge in [0, 0.05) is 56.7 Å². The number of rotatable bonds is 6. The number of piperidine rings is 1. The third-order valence-corrected chi connectivity index (χ3v) is 7.44. The number of hydrogen-bond acceptors (Lipinski definition) is 5. The molecule has 1 saturated heterocycles. The quantitative estimate of drug-likeness (QED) is 0.464. The van der Waals surface area contributed by atoms with E-state index in [9.17, 15) is 5.11 Å². The Hall–Kier alpha value is -3.09. The van der Waals surface area contributed by atoms with Gasteiger partial charge in [-0.3, -0.25) is 0 Å². The van der Waals surface area contributed by atoms with E-state index in [1.807, 2.05) is 36.4 Å². The topological polar surface area (TPSA) is 51.2 Å². The maximum Gasteiger partial charge on any atom is 0.159 e. The molecule has 35 heavy (non-hydrogen) atoms. The predicted octanol–water partition coefficient (Wildman–Crippen LogP) is 5.67. The number of aromatic hydroxyl groups is 1. The van der Waals surface area contributed by atoms with E-state index in [0.29, 0.717) is 24.0 Å². The van der Waals surface area contributed by atoms with Crippen molar-refractivity contribution in [2.24, 2.45) is 5.92 Å². The van der Waals surface area contributed by atoms with Crippen LogP contribution in [0, 0.1) is 11.7 Å². The molecular weight excluding hydrogens is 445 g/mol. The third kappa shape index (κ3) is 4.73. The van der Waals surface area contributed by atoms with E-state index >= 15 is 4.39 Å². The zero-order valence-electron chi connectivity index (χ0n) is 20.2. The molecule has 6 heteroatoms. The summed E-state index contributed by atoms with van der Waals surface area (Å²) in [5.74, 6) is 0.865. The van der Waals surface area contributed by atoms with Crippen LogP contribution in [0.1, 0.15) is 41.4 Å². The molecule has 2 aliphatic heterocycles. The summed E-state index contributed by atoms with van der Waals surface area (Å²) in [5, 5.41) is 9.98. The molecule has 5 nitrogen and oxygen atoms in total. The Balaban J connectivity index is 1.44. The fraction of sp³-hybridized carbons (Fsp3) is 0.379. The van der Waals surface area contributed by atoms with Crippen molar-refractivity contribution in [3.8, 4) is 11.5 Å². The number of hydrogen-bond donors (Lipinski definition) is 1. The minimum absolute atomic E-state index is 0.0364. The maximum absolute atomic E-state index is 15.6. The number of halogens is 1. The maximum atomic E-state index is 15.6. The highest BCUT2D eigenvalue weighted by atomic mass is 19.1. The molecule has 184 valence electrons. The minimum atomic E-state index is -0.215. The van der Waals surface area contributed by atoms with Crippen LogP contribution in [0.2, 0.25) is 0 Å². The summed E-state index contributed by atoms with van der Waals surface area (Å²) < 4.78 is 32.5. The molecule has 3 aromatic carbocycles. The highest BCUT2D eigenvalue weighted by molar-refractivity contribution is 5.54. The lowest BCUT2D eigenvalue weighted by atomic mass is 9.76. The molecular formula is C29H32FNO4. The largest absolute Gasteiger partial charge is 0.508 e. The van der Waals surface area contributed by atoms with E-state index in [-0.39, 0.29) is 29.7 Å². The van der Waals surface area contributed by atoms with Crippen molar-refractivity contribution in [2.75, 3.05) is 38.8 Å². The second-order valence-electron chi connectivity index (χ2n) is 9.40. The highest BCUT2D eigenvalue weighted by Gasteiger charge is 2.34. The van der Waals surface area contributed by atoms with Crippen LogP contribution in [0.5, 0.6) is 11.5 Å². The summed E-state index contributed by atoms with van der Waals surface area (Å²) in [6.45, 7) is 1.98. The lowest BCUT2D eigenvalue weighted by Crippen LogP contribution is -2.39. The van der Waals surface area contributed by atoms with Gasteiger partial charge < -0.3 is 24.2 Å². The molecule has 0 spiro atoms. The first-order valence-electron chi connectivity index (χ1n) is 12.2. The van der Waals surface area contributed by atoms with Gasteiger partial charge in [0.15, 0.2) is 6.29 Å². The Morgan fingerprint density at radius 2 is 1.69 bits per heavy atom. The molecule has 0 saturated carbocycles. The first kappa shape index (κ1) is 23.6. The van der Waals surface area contributed by atoms with Crippen LogP contribution in [0.3, 0.4) is 0 Å². The van der Waals surface area contributed by atoms with Gasteiger partial charge >= 0.3 is 0 Å². The zero-order valence-corrected chi connectivity index (χ0v) is 20.2. The smallest absolute Gasteiger partial charge is 0.159 e. The van der Waals surface area contributed by atoms with E-state index in [2.05, 4.69) is 17.0 Å². The number of anilines is 1. The predicted molar refractivity (Wildman–Crippen MR) is 134 cm³/mol. The van der Waals surface area contributed by atoms with Crippen molar-refractivity contribution in [3.63, 3.8) is 0 Å². The van der Waals surface area contributed by atoms with Gasteiger partial charge in [-0.25, -0.2) is 4.39 Å². The SMILES string of the molecule is COC(OC)C1CCN(c2ccc(C3c4ccc(O)cc4OC[C@@H]3c3ccccc3)cc2F)CC1. The highest BCUT2D eigenvalue weighted by Crippen LogP contribution is 2.47. The summed E-state index contributed by atoms with van der Waals surface area (Å²) >= 11 is 0. The molecule has 5 rings (SSSR count). The first-order valence-corrected chi connectivity index (χ1v) is 12.2. The van der Waals surface area contributed by atoms with Gasteiger partial charge in [-0.2, -0.15) is 0 Å². The van der Waals surface area contributed by atoms with E-state index in [0.717, 1.165) is 42.6 Å². The zero-order chi connectivity index (χ0) is 24.4. The second kappa shape index (κ2) is 10.3. The van der Waals surface area contributed by atoms with Crippen LogP contribution in [0.15, 0.2) is 66.7 Å². The van der Waals surface area contributed by atoms with Gasteiger partial charge in [-0.1, -0.05) is 42.5 Å². The first-order chi connectivity index (χ1) is 17.1. The summed E-state index contributed by atoms with van der Waals surface area (Å²) in [4.78, 5) is 2.11. The molecule has 0 radical (unpaired) electrons. The molecule has 0 aliphatic carbocycles. The number of ether oxygens (including phenoxy) is 3. The molecule has 2 heterocycles. The van der Waals surface area contributed by atoms with Gasteiger partial charge in [0.25, 0.3) is 0 Å². The van der Waals surface area contributed by atoms with Crippen LogP contribution in [0.25, 0.3) is 0 Å². The summed E-state index contributed by atoms with van der Waals surface area (Å²) in [5.41, 5.74) is 3.64. The molecule has 2 aliphatic rings. The second-order valence-corrected chi connectivity index (χ2v) is 9.40. The lowest BCUT2D eigenvalue weighted by Gasteiger charge is -2.37. The fourth-order valence-electron chi connectivity index (χ4n) is 5.66. The molecule has 1 fully saturated rings. The van der Waals surface area contributed by atoms with Crippen molar-refractivity contribution in [1.29, 1.82) is 0 Å². The number of benzene rings is 3. The van der Waals surface area contributed by atoms with Crippen molar-refractivity contribution in [1.82, 2.24) is 0 Å². The summed E-state index contributed by atoms with van der Waals surface area (Å²) in [6.07, 6.45) is 1.56. The number of phenols is 1.